The van der Waals surface area contributed by atoms with Crippen molar-refractivity contribution in [2.45, 2.75) is 13.0 Å². The molecule has 0 aliphatic heterocycles. The van der Waals surface area contributed by atoms with Crippen LogP contribution in [0.3, 0.4) is 0 Å². The molecule has 0 saturated carbocycles. The van der Waals surface area contributed by atoms with Gasteiger partial charge in [-0.15, -0.1) is 10.2 Å². The fraction of sp³-hybridized carbons (Fsp3) is 0.267. The highest BCUT2D eigenvalue weighted by Gasteiger charge is 2.14. The van der Waals surface area contributed by atoms with E-state index in [1.165, 1.54) is 6.07 Å². The van der Waals surface area contributed by atoms with Crippen molar-refractivity contribution in [3.05, 3.63) is 32.9 Å². The van der Waals surface area contributed by atoms with Crippen molar-refractivity contribution in [3.8, 4) is 23.2 Å². The number of halogens is 2. The van der Waals surface area contributed by atoms with E-state index < -0.39 is 12.5 Å². The van der Waals surface area contributed by atoms with Gasteiger partial charge in [0.15, 0.2) is 6.54 Å². The molecule has 1 aromatic carbocycles. The van der Waals surface area contributed by atoms with Gasteiger partial charge in [-0.05, 0) is 51.2 Å². The van der Waals surface area contributed by atoms with Crippen LogP contribution >= 0.6 is 34.2 Å². The summed E-state index contributed by atoms with van der Waals surface area (Å²) in [7, 11) is 0. The lowest BCUT2D eigenvalue weighted by Gasteiger charge is -2.08. The third-order valence-corrected chi connectivity index (χ3v) is 4.25. The molecule has 27 heavy (non-hydrogen) atoms. The largest absolute Gasteiger partial charge is 0.492 e. The number of carbonyl (C=O) groups is 1. The summed E-state index contributed by atoms with van der Waals surface area (Å²) in [6, 6.07) is 6.95. The van der Waals surface area contributed by atoms with Crippen molar-refractivity contribution < 1.29 is 23.9 Å². The number of carboxylic acid groups (broad SMARTS) is 1. The first kappa shape index (κ1) is 19.4. The Morgan fingerprint density at radius 1 is 1.30 bits per heavy atom. The second kappa shape index (κ2) is 8.99. The Balaban J connectivity index is 1.45. The molecule has 0 bridgehead atoms. The highest BCUT2D eigenvalue weighted by Crippen LogP contribution is 2.25. The minimum Gasteiger partial charge on any atom is -0.492 e. The Kier molecular flexibility index (Phi) is 6.45. The van der Waals surface area contributed by atoms with Crippen molar-refractivity contribution in [1.82, 2.24) is 25.4 Å². The quantitative estimate of drug-likeness (QED) is 0.345. The molecule has 0 aliphatic carbocycles. The lowest BCUT2D eigenvalue weighted by molar-refractivity contribution is -0.138. The number of carboxylic acids is 1. The summed E-state index contributed by atoms with van der Waals surface area (Å²) >= 11 is 8.12. The molecule has 12 heteroatoms. The Labute approximate surface area is 171 Å². The van der Waals surface area contributed by atoms with Gasteiger partial charge in [0.2, 0.25) is 11.6 Å². The van der Waals surface area contributed by atoms with Gasteiger partial charge < -0.3 is 19.1 Å². The van der Waals surface area contributed by atoms with Crippen LogP contribution in [0.2, 0.25) is 5.02 Å². The van der Waals surface area contributed by atoms with Crippen LogP contribution < -0.4 is 9.47 Å². The number of benzene rings is 1. The standard InChI is InChI=1S/C15H13ClIN5O5/c16-9-2-3-10(17)11(6-9)25-4-1-5-26-13-7-12(27-20-13)15-18-21-22(19-15)8-14(23)24/h2-3,6-7H,1,4-5,8H2,(H,23,24). The predicted octanol–water partition coefficient (Wildman–Crippen LogP) is 2.52. The fourth-order valence-corrected chi connectivity index (χ4v) is 2.62. The molecular weight excluding hydrogens is 493 g/mol. The fourth-order valence-electron chi connectivity index (χ4n) is 1.97. The molecule has 1 N–H and O–H groups in total. The first-order chi connectivity index (χ1) is 13.0. The van der Waals surface area contributed by atoms with E-state index in [4.69, 9.17) is 30.7 Å². The number of rotatable bonds is 9. The summed E-state index contributed by atoms with van der Waals surface area (Å²) in [4.78, 5) is 11.6. The van der Waals surface area contributed by atoms with E-state index in [0.717, 1.165) is 14.1 Å². The average molecular weight is 506 g/mol. The van der Waals surface area contributed by atoms with Gasteiger partial charge in [-0.3, -0.25) is 4.79 Å². The molecule has 0 unspecified atom stereocenters. The zero-order valence-electron chi connectivity index (χ0n) is 13.7. The van der Waals surface area contributed by atoms with E-state index in [-0.39, 0.29) is 17.5 Å². The molecule has 3 aromatic rings. The molecule has 0 amide bonds. The van der Waals surface area contributed by atoms with Crippen molar-refractivity contribution in [1.29, 1.82) is 0 Å². The number of ether oxygens (including phenoxy) is 2. The van der Waals surface area contributed by atoms with E-state index in [2.05, 4.69) is 43.2 Å². The minimum atomic E-state index is -1.07. The zero-order valence-corrected chi connectivity index (χ0v) is 16.6. The molecule has 0 radical (unpaired) electrons. The molecule has 3 rings (SSSR count). The van der Waals surface area contributed by atoms with E-state index in [9.17, 15) is 4.79 Å². The molecule has 142 valence electrons. The summed E-state index contributed by atoms with van der Waals surface area (Å²) in [5.41, 5.74) is 0. The van der Waals surface area contributed by atoms with Crippen LogP contribution in [0.5, 0.6) is 11.6 Å². The monoisotopic (exact) mass is 505 g/mol. The maximum atomic E-state index is 10.6. The van der Waals surface area contributed by atoms with Gasteiger partial charge in [0.25, 0.3) is 5.88 Å². The van der Waals surface area contributed by atoms with Crippen LogP contribution in [0.4, 0.5) is 0 Å². The van der Waals surface area contributed by atoms with Gasteiger partial charge in [-0.1, -0.05) is 11.6 Å². The van der Waals surface area contributed by atoms with Crippen molar-refractivity contribution in [2.75, 3.05) is 13.2 Å². The zero-order chi connectivity index (χ0) is 19.2. The second-order valence-corrected chi connectivity index (χ2v) is 6.79. The summed E-state index contributed by atoms with van der Waals surface area (Å²) in [6.07, 6.45) is 0.623. The highest BCUT2D eigenvalue weighted by molar-refractivity contribution is 14.1. The van der Waals surface area contributed by atoms with Crippen molar-refractivity contribution in [3.63, 3.8) is 0 Å². The Morgan fingerprint density at radius 3 is 2.93 bits per heavy atom. The maximum Gasteiger partial charge on any atom is 0.327 e. The molecule has 0 fully saturated rings. The van der Waals surface area contributed by atoms with E-state index in [0.29, 0.717) is 24.7 Å². The van der Waals surface area contributed by atoms with Gasteiger partial charge in [0.05, 0.1) is 22.9 Å². The number of hydrogen-bond donors (Lipinski definition) is 1. The number of aliphatic carboxylic acids is 1. The maximum absolute atomic E-state index is 10.6. The van der Waals surface area contributed by atoms with Crippen LogP contribution in [0.15, 0.2) is 28.8 Å². The number of nitrogens with zero attached hydrogens (tertiary/aromatic N) is 5. The van der Waals surface area contributed by atoms with Gasteiger partial charge in [0.1, 0.15) is 5.75 Å². The smallest absolute Gasteiger partial charge is 0.327 e. The number of aromatic nitrogens is 5. The normalized spacial score (nSPS) is 10.7. The van der Waals surface area contributed by atoms with E-state index in [1.54, 1.807) is 12.1 Å². The van der Waals surface area contributed by atoms with Crippen molar-refractivity contribution >= 4 is 40.2 Å². The molecule has 0 spiro atoms. The molecule has 0 aliphatic rings. The third-order valence-electron chi connectivity index (χ3n) is 3.13. The second-order valence-electron chi connectivity index (χ2n) is 5.19. The summed E-state index contributed by atoms with van der Waals surface area (Å²) < 4.78 is 17.2. The van der Waals surface area contributed by atoms with Gasteiger partial charge in [0, 0.05) is 11.4 Å². The molecular formula is C15H13ClIN5O5. The SMILES string of the molecule is O=C(O)Cn1nnc(-c2cc(OCCCOc3cc(Cl)ccc3I)no2)n1. The number of hydrogen-bond acceptors (Lipinski definition) is 8. The third kappa shape index (κ3) is 5.53. The van der Waals surface area contributed by atoms with E-state index in [1.807, 2.05) is 6.07 Å². The van der Waals surface area contributed by atoms with Gasteiger partial charge >= 0.3 is 5.97 Å². The Morgan fingerprint density at radius 2 is 2.11 bits per heavy atom. The summed E-state index contributed by atoms with van der Waals surface area (Å²) in [5.74, 6) is 0.262. The summed E-state index contributed by atoms with van der Waals surface area (Å²) in [6.45, 7) is 0.421. The molecule has 10 nitrogen and oxygen atoms in total. The van der Waals surface area contributed by atoms with Gasteiger partial charge in [-0.25, -0.2) is 0 Å². The Hall–Kier alpha value is -2.41. The van der Waals surface area contributed by atoms with Crippen LogP contribution in [-0.2, 0) is 11.3 Å². The van der Waals surface area contributed by atoms with Crippen LogP contribution in [0.1, 0.15) is 6.42 Å². The molecule has 0 atom stereocenters. The molecule has 2 heterocycles. The molecule has 2 aromatic heterocycles. The van der Waals surface area contributed by atoms with Crippen LogP contribution in [-0.4, -0.2) is 49.7 Å². The van der Waals surface area contributed by atoms with Crippen LogP contribution in [0, 0.1) is 3.57 Å². The number of tetrazole rings is 1. The van der Waals surface area contributed by atoms with Crippen molar-refractivity contribution in [2.24, 2.45) is 0 Å². The van der Waals surface area contributed by atoms with E-state index >= 15 is 0 Å². The highest BCUT2D eigenvalue weighted by atomic mass is 127. The molecule has 0 saturated heterocycles. The van der Waals surface area contributed by atoms with Gasteiger partial charge in [-0.2, -0.15) is 4.80 Å². The average Bonchev–Trinajstić information content (AvgIpc) is 3.26. The summed E-state index contributed by atoms with van der Waals surface area (Å²) in [5, 5.41) is 24.3. The lowest BCUT2D eigenvalue weighted by Crippen LogP contribution is -2.11. The first-order valence-electron chi connectivity index (χ1n) is 7.68. The predicted molar refractivity (Wildman–Crippen MR) is 101 cm³/mol. The minimum absolute atomic E-state index is 0.123. The van der Waals surface area contributed by atoms with Crippen LogP contribution in [0.25, 0.3) is 11.6 Å². The topological polar surface area (TPSA) is 125 Å². The lowest BCUT2D eigenvalue weighted by atomic mass is 10.3. The first-order valence-corrected chi connectivity index (χ1v) is 9.14. The Bertz CT molecular complexity index is 931.